The third-order valence-electron chi connectivity index (χ3n) is 2.37. The van der Waals surface area contributed by atoms with E-state index in [-0.39, 0.29) is 12.6 Å². The fraction of sp³-hybridized carbons (Fsp3) is 0.667. The van der Waals surface area contributed by atoms with Crippen LogP contribution in [0.25, 0.3) is 0 Å². The van der Waals surface area contributed by atoms with Crippen molar-refractivity contribution in [2.75, 3.05) is 13.1 Å². The van der Waals surface area contributed by atoms with Crippen molar-refractivity contribution in [3.8, 4) is 6.07 Å². The van der Waals surface area contributed by atoms with Crippen molar-refractivity contribution >= 4 is 0 Å². The maximum Gasteiger partial charge on any atom is 0.209 e. The highest BCUT2D eigenvalue weighted by atomic mass is 19.1. The lowest BCUT2D eigenvalue weighted by Gasteiger charge is -2.20. The molecule has 0 aromatic rings. The summed E-state index contributed by atoms with van der Waals surface area (Å²) in [7, 11) is 0. The molecule has 1 rings (SSSR count). The number of likely N-dealkylation sites (tertiary alicyclic amines) is 1. The van der Waals surface area contributed by atoms with Crippen LogP contribution in [-0.2, 0) is 0 Å². The Hall–Kier alpha value is -0.880. The molecule has 0 N–H and O–H groups in total. The lowest BCUT2D eigenvalue weighted by atomic mass is 10.1. The van der Waals surface area contributed by atoms with Crippen LogP contribution in [0, 0.1) is 11.3 Å². The summed E-state index contributed by atoms with van der Waals surface area (Å²) in [6.45, 7) is 6.46. The smallest absolute Gasteiger partial charge is 0.209 e. The Morgan fingerprint density at radius 2 is 2.50 bits per heavy atom. The first-order valence-electron chi connectivity index (χ1n) is 4.08. The molecule has 2 atom stereocenters. The minimum Gasteiger partial charge on any atom is -0.293 e. The van der Waals surface area contributed by atoms with Gasteiger partial charge in [-0.2, -0.15) is 5.26 Å². The van der Waals surface area contributed by atoms with Crippen LogP contribution in [0.15, 0.2) is 12.7 Å². The first kappa shape index (κ1) is 9.21. The van der Waals surface area contributed by atoms with Crippen molar-refractivity contribution in [2.45, 2.75) is 25.1 Å². The second-order valence-electron chi connectivity index (χ2n) is 3.27. The van der Waals surface area contributed by atoms with E-state index in [1.807, 2.05) is 11.8 Å². The minimum atomic E-state index is -1.63. The number of rotatable bonds is 2. The zero-order chi connectivity index (χ0) is 9.19. The molecular weight excluding hydrogens is 155 g/mol. The Balaban J connectivity index is 2.57. The molecule has 0 saturated carbocycles. The molecule has 1 aliphatic heterocycles. The molecule has 0 amide bonds. The van der Waals surface area contributed by atoms with Gasteiger partial charge in [0, 0.05) is 25.6 Å². The monoisotopic (exact) mass is 168 g/mol. The van der Waals surface area contributed by atoms with Crippen LogP contribution in [0.5, 0.6) is 0 Å². The van der Waals surface area contributed by atoms with Crippen molar-refractivity contribution in [2.24, 2.45) is 0 Å². The van der Waals surface area contributed by atoms with Gasteiger partial charge in [0.25, 0.3) is 0 Å². The van der Waals surface area contributed by atoms with E-state index in [9.17, 15) is 4.39 Å². The van der Waals surface area contributed by atoms with Gasteiger partial charge in [-0.1, -0.05) is 6.08 Å². The van der Waals surface area contributed by atoms with E-state index in [1.54, 1.807) is 12.1 Å². The number of hydrogen-bond acceptors (Lipinski definition) is 2. The van der Waals surface area contributed by atoms with Crippen molar-refractivity contribution in [1.82, 2.24) is 4.90 Å². The summed E-state index contributed by atoms with van der Waals surface area (Å²) in [5.74, 6) is 0. The normalized spacial score (nSPS) is 32.8. The van der Waals surface area contributed by atoms with E-state index in [0.717, 1.165) is 0 Å². The predicted molar refractivity (Wildman–Crippen MR) is 45.3 cm³/mol. The molecule has 0 radical (unpaired) electrons. The maximum atomic E-state index is 13.4. The Bertz CT molecular complexity index is 221. The van der Waals surface area contributed by atoms with Gasteiger partial charge in [-0.3, -0.25) is 4.90 Å². The van der Waals surface area contributed by atoms with Gasteiger partial charge >= 0.3 is 0 Å². The molecule has 12 heavy (non-hydrogen) atoms. The molecule has 0 aromatic heterocycles. The summed E-state index contributed by atoms with van der Waals surface area (Å²) in [6, 6.07) is 1.87. The summed E-state index contributed by atoms with van der Waals surface area (Å²) in [4.78, 5) is 1.93. The summed E-state index contributed by atoms with van der Waals surface area (Å²) < 4.78 is 13.4. The third-order valence-corrected chi connectivity index (χ3v) is 2.37. The molecule has 0 aliphatic carbocycles. The second kappa shape index (κ2) is 3.24. The van der Waals surface area contributed by atoms with Crippen LogP contribution in [-0.4, -0.2) is 29.7 Å². The fourth-order valence-electron chi connectivity index (χ4n) is 1.39. The predicted octanol–water partition coefficient (Wildman–Crippen LogP) is 1.50. The van der Waals surface area contributed by atoms with Crippen LogP contribution in [0.1, 0.15) is 13.3 Å². The highest BCUT2D eigenvalue weighted by Gasteiger charge is 2.39. The first-order valence-corrected chi connectivity index (χ1v) is 4.08. The Kier molecular flexibility index (Phi) is 2.49. The average molecular weight is 168 g/mol. The van der Waals surface area contributed by atoms with Gasteiger partial charge in [-0.25, -0.2) is 4.39 Å². The van der Waals surface area contributed by atoms with Gasteiger partial charge in [0.1, 0.15) is 6.07 Å². The number of hydrogen-bond donors (Lipinski definition) is 0. The van der Waals surface area contributed by atoms with E-state index in [2.05, 4.69) is 6.58 Å². The summed E-state index contributed by atoms with van der Waals surface area (Å²) in [5.41, 5.74) is -1.63. The molecule has 1 saturated heterocycles. The Morgan fingerprint density at radius 3 is 2.92 bits per heavy atom. The third kappa shape index (κ3) is 1.64. The van der Waals surface area contributed by atoms with Gasteiger partial charge in [0.2, 0.25) is 5.67 Å². The standard InChI is InChI=1S/C9H13FN2/c1-3-8(2)12-5-4-9(10,6-11)7-12/h3,8H,1,4-5,7H2,2H3. The lowest BCUT2D eigenvalue weighted by molar-refractivity contribution is 0.216. The largest absolute Gasteiger partial charge is 0.293 e. The molecule has 0 aromatic carbocycles. The van der Waals surface area contributed by atoms with Crippen molar-refractivity contribution in [3.63, 3.8) is 0 Å². The number of nitrogens with zero attached hydrogens (tertiary/aromatic N) is 2. The topological polar surface area (TPSA) is 27.0 Å². The summed E-state index contributed by atoms with van der Waals surface area (Å²) >= 11 is 0. The lowest BCUT2D eigenvalue weighted by Crippen LogP contribution is -2.32. The SMILES string of the molecule is C=CC(C)N1CCC(F)(C#N)C1. The molecule has 0 spiro atoms. The van der Waals surface area contributed by atoms with Gasteiger partial charge in [0.05, 0.1) is 0 Å². The number of halogens is 1. The van der Waals surface area contributed by atoms with Gasteiger partial charge in [-0.15, -0.1) is 6.58 Å². The van der Waals surface area contributed by atoms with Crippen molar-refractivity contribution in [3.05, 3.63) is 12.7 Å². The number of alkyl halides is 1. The minimum absolute atomic E-state index is 0.163. The van der Waals surface area contributed by atoms with E-state index in [1.165, 1.54) is 0 Å². The highest BCUT2D eigenvalue weighted by molar-refractivity contribution is 5.08. The zero-order valence-corrected chi connectivity index (χ0v) is 7.26. The molecule has 1 fully saturated rings. The highest BCUT2D eigenvalue weighted by Crippen LogP contribution is 2.26. The van der Waals surface area contributed by atoms with Gasteiger partial charge in [-0.05, 0) is 6.92 Å². The quantitative estimate of drug-likeness (QED) is 0.584. The van der Waals surface area contributed by atoms with Crippen molar-refractivity contribution in [1.29, 1.82) is 5.26 Å². The first-order chi connectivity index (χ1) is 5.61. The van der Waals surface area contributed by atoms with Crippen LogP contribution in [0.4, 0.5) is 4.39 Å². The van der Waals surface area contributed by atoms with Crippen molar-refractivity contribution < 1.29 is 4.39 Å². The average Bonchev–Trinajstić information content (AvgIpc) is 2.48. The second-order valence-corrected chi connectivity index (χ2v) is 3.27. The van der Waals surface area contributed by atoms with Gasteiger partial charge in [0.15, 0.2) is 0 Å². The van der Waals surface area contributed by atoms with E-state index >= 15 is 0 Å². The van der Waals surface area contributed by atoms with E-state index in [0.29, 0.717) is 13.0 Å². The molecule has 3 heteroatoms. The van der Waals surface area contributed by atoms with E-state index < -0.39 is 5.67 Å². The fourth-order valence-corrected chi connectivity index (χ4v) is 1.39. The molecule has 2 unspecified atom stereocenters. The van der Waals surface area contributed by atoms with E-state index in [4.69, 9.17) is 5.26 Å². The molecule has 66 valence electrons. The van der Waals surface area contributed by atoms with Gasteiger partial charge < -0.3 is 0 Å². The molecule has 2 nitrogen and oxygen atoms in total. The Labute approximate surface area is 72.3 Å². The maximum absolute atomic E-state index is 13.4. The molecule has 0 bridgehead atoms. The van der Waals surface area contributed by atoms with Crippen LogP contribution >= 0.6 is 0 Å². The molecule has 1 heterocycles. The molecular formula is C9H13FN2. The zero-order valence-electron chi connectivity index (χ0n) is 7.26. The van der Waals surface area contributed by atoms with Crippen LogP contribution < -0.4 is 0 Å². The van der Waals surface area contributed by atoms with Crippen LogP contribution in [0.3, 0.4) is 0 Å². The summed E-state index contributed by atoms with van der Waals surface area (Å²) in [5, 5.41) is 8.52. The summed E-state index contributed by atoms with van der Waals surface area (Å²) in [6.07, 6.45) is 2.09. The van der Waals surface area contributed by atoms with Crippen LogP contribution in [0.2, 0.25) is 0 Å². The number of nitriles is 1. The Morgan fingerprint density at radius 1 is 1.83 bits per heavy atom. The molecule has 1 aliphatic rings.